The minimum Gasteiger partial charge on any atom is -0.379 e. The summed E-state index contributed by atoms with van der Waals surface area (Å²) in [6, 6.07) is 5.89. The van der Waals surface area contributed by atoms with Crippen molar-refractivity contribution < 1.29 is 9.53 Å². The van der Waals surface area contributed by atoms with Crippen LogP contribution < -0.4 is 10.9 Å². The second-order valence-electron chi connectivity index (χ2n) is 7.92. The van der Waals surface area contributed by atoms with Crippen LogP contribution in [0.5, 0.6) is 0 Å². The van der Waals surface area contributed by atoms with Gasteiger partial charge in [0.05, 0.1) is 19.3 Å². The molecule has 164 valence electrons. The molecule has 2 saturated heterocycles. The van der Waals surface area contributed by atoms with Gasteiger partial charge in [-0.25, -0.2) is 0 Å². The molecule has 2 aromatic heterocycles. The summed E-state index contributed by atoms with van der Waals surface area (Å²) >= 11 is 0. The van der Waals surface area contributed by atoms with Crippen LogP contribution in [0, 0.1) is 0 Å². The fourth-order valence-electron chi connectivity index (χ4n) is 3.77. The standard InChI is InChI=1S/C23H29N5O3/c1-2-19-12-17(5-6-24-19)18-13-21(23(30)25-14-18)26-20-15-28(16-20)22(29)4-3-7-27-8-10-31-11-9-27/h3-6,12-14,20,26H,2,7-11,15-16H2,1H3,(H,25,30)/b4-3+. The number of hydrogen-bond acceptors (Lipinski definition) is 6. The molecule has 0 spiro atoms. The first-order chi connectivity index (χ1) is 15.1. The van der Waals surface area contributed by atoms with Crippen LogP contribution >= 0.6 is 0 Å². The van der Waals surface area contributed by atoms with Crippen molar-refractivity contribution in [1.82, 2.24) is 19.8 Å². The number of rotatable bonds is 7. The number of hydrogen-bond donors (Lipinski definition) is 2. The highest BCUT2D eigenvalue weighted by Crippen LogP contribution is 2.21. The Balaban J connectivity index is 1.30. The van der Waals surface area contributed by atoms with E-state index in [1.807, 2.05) is 24.3 Å². The van der Waals surface area contributed by atoms with Crippen LogP contribution in [0.15, 0.2) is 47.5 Å². The summed E-state index contributed by atoms with van der Waals surface area (Å²) in [7, 11) is 0. The lowest BCUT2D eigenvalue weighted by Gasteiger charge is -2.39. The van der Waals surface area contributed by atoms with E-state index in [-0.39, 0.29) is 17.5 Å². The lowest BCUT2D eigenvalue weighted by Crippen LogP contribution is -2.57. The van der Waals surface area contributed by atoms with Gasteiger partial charge < -0.3 is 19.9 Å². The molecule has 31 heavy (non-hydrogen) atoms. The molecule has 0 radical (unpaired) electrons. The van der Waals surface area contributed by atoms with Gasteiger partial charge in [0.15, 0.2) is 0 Å². The van der Waals surface area contributed by atoms with Gasteiger partial charge in [0.25, 0.3) is 5.56 Å². The normalized spacial score (nSPS) is 17.6. The van der Waals surface area contributed by atoms with E-state index in [0.717, 1.165) is 56.1 Å². The molecule has 2 N–H and O–H groups in total. The van der Waals surface area contributed by atoms with Crippen LogP contribution in [-0.4, -0.2) is 77.7 Å². The van der Waals surface area contributed by atoms with Crippen molar-refractivity contribution in [2.24, 2.45) is 0 Å². The van der Waals surface area contributed by atoms with E-state index in [4.69, 9.17) is 4.74 Å². The van der Waals surface area contributed by atoms with Crippen LogP contribution in [0.4, 0.5) is 5.69 Å². The zero-order valence-electron chi connectivity index (χ0n) is 17.8. The van der Waals surface area contributed by atoms with Crippen molar-refractivity contribution in [3.05, 3.63) is 58.8 Å². The van der Waals surface area contributed by atoms with Gasteiger partial charge in [-0.2, -0.15) is 0 Å². The van der Waals surface area contributed by atoms with Gasteiger partial charge in [0, 0.05) is 62.5 Å². The molecule has 0 unspecified atom stereocenters. The Morgan fingerprint density at radius 2 is 2.10 bits per heavy atom. The van der Waals surface area contributed by atoms with Crippen molar-refractivity contribution in [2.45, 2.75) is 19.4 Å². The second kappa shape index (κ2) is 9.89. The molecular weight excluding hydrogens is 394 g/mol. The van der Waals surface area contributed by atoms with E-state index in [1.165, 1.54) is 0 Å². The van der Waals surface area contributed by atoms with E-state index in [9.17, 15) is 9.59 Å². The monoisotopic (exact) mass is 423 g/mol. The first-order valence-corrected chi connectivity index (χ1v) is 10.8. The molecule has 2 aliphatic heterocycles. The molecule has 2 fully saturated rings. The van der Waals surface area contributed by atoms with Gasteiger partial charge in [0.2, 0.25) is 5.91 Å². The third kappa shape index (κ3) is 5.39. The number of morpholine rings is 1. The van der Waals surface area contributed by atoms with Gasteiger partial charge in [-0.15, -0.1) is 0 Å². The summed E-state index contributed by atoms with van der Waals surface area (Å²) in [5.41, 5.74) is 3.31. The number of anilines is 1. The average molecular weight is 424 g/mol. The van der Waals surface area contributed by atoms with E-state index < -0.39 is 0 Å². The number of amides is 1. The number of likely N-dealkylation sites (tertiary alicyclic amines) is 1. The maximum atomic E-state index is 12.3. The van der Waals surface area contributed by atoms with Crippen LogP contribution in [0.1, 0.15) is 12.6 Å². The Morgan fingerprint density at radius 3 is 2.87 bits per heavy atom. The van der Waals surface area contributed by atoms with Gasteiger partial charge in [-0.05, 0) is 30.2 Å². The Morgan fingerprint density at radius 1 is 1.29 bits per heavy atom. The quantitative estimate of drug-likeness (QED) is 0.656. The zero-order chi connectivity index (χ0) is 21.6. The zero-order valence-corrected chi connectivity index (χ0v) is 17.8. The fraction of sp³-hybridized carbons (Fsp3) is 0.435. The van der Waals surface area contributed by atoms with Crippen LogP contribution in [-0.2, 0) is 16.0 Å². The summed E-state index contributed by atoms with van der Waals surface area (Å²) in [6.07, 6.45) is 7.93. The van der Waals surface area contributed by atoms with E-state index in [0.29, 0.717) is 18.8 Å². The number of nitrogens with zero attached hydrogens (tertiary/aromatic N) is 3. The topological polar surface area (TPSA) is 90.6 Å². The summed E-state index contributed by atoms with van der Waals surface area (Å²) in [5.74, 6) is 0.0119. The minimum atomic E-state index is -0.163. The predicted octanol–water partition coefficient (Wildman–Crippen LogP) is 1.51. The summed E-state index contributed by atoms with van der Waals surface area (Å²) < 4.78 is 5.33. The van der Waals surface area contributed by atoms with Gasteiger partial charge >= 0.3 is 0 Å². The number of aromatic amines is 1. The fourth-order valence-corrected chi connectivity index (χ4v) is 3.77. The number of carbonyl (C=O) groups is 1. The molecular formula is C23H29N5O3. The molecule has 8 heteroatoms. The lowest BCUT2D eigenvalue weighted by atomic mass is 10.1. The number of H-pyrrole nitrogens is 1. The number of aromatic nitrogens is 2. The molecule has 0 bridgehead atoms. The van der Waals surface area contributed by atoms with Crippen molar-refractivity contribution in [3.8, 4) is 11.1 Å². The molecule has 4 heterocycles. The SMILES string of the molecule is CCc1cc(-c2c[nH]c(=O)c(NC3CN(C(=O)/C=C/CN4CCOCC4)C3)c2)ccn1. The lowest BCUT2D eigenvalue weighted by molar-refractivity contribution is -0.129. The number of carbonyl (C=O) groups excluding carboxylic acids is 1. The largest absolute Gasteiger partial charge is 0.379 e. The third-order valence-electron chi connectivity index (χ3n) is 5.70. The van der Waals surface area contributed by atoms with Crippen molar-refractivity contribution in [1.29, 1.82) is 0 Å². The number of ether oxygens (including phenoxy) is 1. The summed E-state index contributed by atoms with van der Waals surface area (Å²) in [6.45, 7) is 7.31. The number of aryl methyl sites for hydroxylation is 1. The minimum absolute atomic E-state index is 0.0119. The van der Waals surface area contributed by atoms with Crippen molar-refractivity contribution in [3.63, 3.8) is 0 Å². The predicted molar refractivity (Wildman–Crippen MR) is 120 cm³/mol. The molecule has 2 aliphatic rings. The maximum Gasteiger partial charge on any atom is 0.271 e. The Hall–Kier alpha value is -2.97. The molecule has 1 amide bonds. The van der Waals surface area contributed by atoms with E-state index in [1.54, 1.807) is 23.4 Å². The highest BCUT2D eigenvalue weighted by atomic mass is 16.5. The van der Waals surface area contributed by atoms with Crippen LogP contribution in [0.2, 0.25) is 0 Å². The maximum absolute atomic E-state index is 12.3. The molecule has 0 atom stereocenters. The molecule has 8 nitrogen and oxygen atoms in total. The van der Waals surface area contributed by atoms with Crippen molar-refractivity contribution in [2.75, 3.05) is 51.3 Å². The first-order valence-electron chi connectivity index (χ1n) is 10.8. The molecule has 0 aliphatic carbocycles. The third-order valence-corrected chi connectivity index (χ3v) is 5.70. The highest BCUT2D eigenvalue weighted by molar-refractivity contribution is 5.88. The Labute approximate surface area is 181 Å². The van der Waals surface area contributed by atoms with E-state index >= 15 is 0 Å². The Kier molecular flexibility index (Phi) is 6.79. The smallest absolute Gasteiger partial charge is 0.271 e. The summed E-state index contributed by atoms with van der Waals surface area (Å²) in [5, 5.41) is 3.28. The first kappa shape index (κ1) is 21.3. The number of nitrogens with one attached hydrogen (secondary N) is 2. The Bertz CT molecular complexity index is 991. The average Bonchev–Trinajstić information content (AvgIpc) is 2.77. The molecule has 0 aromatic carbocycles. The molecule has 4 rings (SSSR count). The molecule has 2 aromatic rings. The summed E-state index contributed by atoms with van der Waals surface area (Å²) in [4.78, 5) is 35.8. The van der Waals surface area contributed by atoms with Crippen LogP contribution in [0.3, 0.4) is 0 Å². The van der Waals surface area contributed by atoms with Gasteiger partial charge in [0.1, 0.15) is 5.69 Å². The number of pyridine rings is 2. The van der Waals surface area contributed by atoms with Crippen LogP contribution in [0.25, 0.3) is 11.1 Å². The van der Waals surface area contributed by atoms with Crippen molar-refractivity contribution >= 4 is 11.6 Å². The highest BCUT2D eigenvalue weighted by Gasteiger charge is 2.29. The van der Waals surface area contributed by atoms with Gasteiger partial charge in [-0.3, -0.25) is 19.5 Å². The molecule has 0 saturated carbocycles. The second-order valence-corrected chi connectivity index (χ2v) is 7.92. The van der Waals surface area contributed by atoms with Gasteiger partial charge in [-0.1, -0.05) is 13.0 Å². The van der Waals surface area contributed by atoms with E-state index in [2.05, 4.69) is 27.1 Å².